The Bertz CT molecular complexity index is 315. The molecule has 2 aliphatic rings. The lowest BCUT2D eigenvalue weighted by Crippen LogP contribution is -2.45. The third-order valence-corrected chi connectivity index (χ3v) is 4.87. The lowest BCUT2D eigenvalue weighted by atomic mass is 9.80. The lowest BCUT2D eigenvalue weighted by molar-refractivity contribution is 0.0389. The van der Waals surface area contributed by atoms with Gasteiger partial charge in [0.15, 0.2) is 5.96 Å². The highest BCUT2D eigenvalue weighted by molar-refractivity contribution is 5.79. The molecule has 1 aliphatic carbocycles. The highest BCUT2D eigenvalue weighted by atomic mass is 16.5. The van der Waals surface area contributed by atoms with Crippen molar-refractivity contribution in [2.24, 2.45) is 16.8 Å². The zero-order chi connectivity index (χ0) is 14.9. The minimum atomic E-state index is 0.802. The Labute approximate surface area is 129 Å². The first-order valence-corrected chi connectivity index (χ1v) is 8.54. The van der Waals surface area contributed by atoms with Gasteiger partial charge in [0.05, 0.1) is 13.2 Å². The fraction of sp³-hybridized carbons (Fsp3) is 0.938. The van der Waals surface area contributed by atoms with E-state index in [4.69, 9.17) is 4.74 Å². The second kappa shape index (κ2) is 9.26. The Morgan fingerprint density at radius 1 is 1.19 bits per heavy atom. The van der Waals surface area contributed by atoms with Crippen molar-refractivity contribution in [1.29, 1.82) is 0 Å². The molecule has 1 heterocycles. The Balaban J connectivity index is 1.61. The van der Waals surface area contributed by atoms with Gasteiger partial charge < -0.3 is 15.4 Å². The summed E-state index contributed by atoms with van der Waals surface area (Å²) >= 11 is 0. The molecule has 1 aliphatic heterocycles. The molecule has 21 heavy (non-hydrogen) atoms. The van der Waals surface area contributed by atoms with Crippen LogP contribution in [0.3, 0.4) is 0 Å². The molecule has 2 N–H and O–H groups in total. The van der Waals surface area contributed by atoms with Crippen molar-refractivity contribution < 1.29 is 4.74 Å². The van der Waals surface area contributed by atoms with E-state index in [-0.39, 0.29) is 0 Å². The SMILES string of the molecule is CN=C(NCCN1CCOCC1)NCC1CCCCC1C. The van der Waals surface area contributed by atoms with Crippen LogP contribution in [0.1, 0.15) is 32.6 Å². The van der Waals surface area contributed by atoms with Gasteiger partial charge in [0, 0.05) is 39.8 Å². The minimum Gasteiger partial charge on any atom is -0.379 e. The van der Waals surface area contributed by atoms with E-state index in [0.717, 1.165) is 63.7 Å². The van der Waals surface area contributed by atoms with Crippen LogP contribution >= 0.6 is 0 Å². The highest BCUT2D eigenvalue weighted by Crippen LogP contribution is 2.28. The Morgan fingerprint density at radius 3 is 2.67 bits per heavy atom. The van der Waals surface area contributed by atoms with Gasteiger partial charge in [0.1, 0.15) is 0 Å². The second-order valence-corrected chi connectivity index (χ2v) is 6.36. The number of hydrogen-bond acceptors (Lipinski definition) is 3. The van der Waals surface area contributed by atoms with Crippen molar-refractivity contribution in [3.63, 3.8) is 0 Å². The number of nitrogens with zero attached hydrogens (tertiary/aromatic N) is 2. The molecule has 0 aromatic heterocycles. The summed E-state index contributed by atoms with van der Waals surface area (Å²) in [6, 6.07) is 0. The quantitative estimate of drug-likeness (QED) is 0.593. The summed E-state index contributed by atoms with van der Waals surface area (Å²) in [5.41, 5.74) is 0. The van der Waals surface area contributed by atoms with E-state index < -0.39 is 0 Å². The molecule has 2 atom stereocenters. The topological polar surface area (TPSA) is 48.9 Å². The Kier molecular flexibility index (Phi) is 7.30. The van der Waals surface area contributed by atoms with Gasteiger partial charge >= 0.3 is 0 Å². The first-order valence-electron chi connectivity index (χ1n) is 8.54. The monoisotopic (exact) mass is 296 g/mol. The molecule has 2 unspecified atom stereocenters. The summed E-state index contributed by atoms with van der Waals surface area (Å²) in [5.74, 6) is 2.59. The van der Waals surface area contributed by atoms with E-state index in [0.29, 0.717) is 0 Å². The van der Waals surface area contributed by atoms with Crippen LogP contribution in [0.4, 0.5) is 0 Å². The minimum absolute atomic E-state index is 0.802. The van der Waals surface area contributed by atoms with Crippen molar-refractivity contribution in [2.75, 3.05) is 53.0 Å². The fourth-order valence-electron chi connectivity index (χ4n) is 3.30. The number of rotatable bonds is 5. The van der Waals surface area contributed by atoms with E-state index in [9.17, 15) is 0 Å². The molecule has 0 amide bonds. The maximum Gasteiger partial charge on any atom is 0.191 e. The number of aliphatic imine (C=N–C) groups is 1. The van der Waals surface area contributed by atoms with Gasteiger partial charge in [-0.3, -0.25) is 9.89 Å². The summed E-state index contributed by atoms with van der Waals surface area (Å²) in [5, 5.41) is 6.93. The van der Waals surface area contributed by atoms with E-state index in [1.165, 1.54) is 25.7 Å². The van der Waals surface area contributed by atoms with Crippen molar-refractivity contribution >= 4 is 5.96 Å². The summed E-state index contributed by atoms with van der Waals surface area (Å²) < 4.78 is 5.37. The zero-order valence-electron chi connectivity index (χ0n) is 13.7. The molecule has 0 spiro atoms. The third-order valence-electron chi connectivity index (χ3n) is 4.87. The standard InChI is InChI=1S/C16H32N4O/c1-14-5-3-4-6-15(14)13-19-16(17-2)18-7-8-20-9-11-21-12-10-20/h14-15H,3-13H2,1-2H3,(H2,17,18,19). The number of ether oxygens (including phenoxy) is 1. The van der Waals surface area contributed by atoms with Gasteiger partial charge in [0.25, 0.3) is 0 Å². The lowest BCUT2D eigenvalue weighted by Gasteiger charge is -2.29. The average molecular weight is 296 g/mol. The number of hydrogen-bond donors (Lipinski definition) is 2. The van der Waals surface area contributed by atoms with Crippen LogP contribution in [-0.4, -0.2) is 63.8 Å². The number of morpholine rings is 1. The van der Waals surface area contributed by atoms with Gasteiger partial charge in [-0.05, 0) is 18.3 Å². The molecule has 0 aromatic carbocycles. The van der Waals surface area contributed by atoms with Crippen LogP contribution in [0.15, 0.2) is 4.99 Å². The van der Waals surface area contributed by atoms with Crippen LogP contribution in [0.5, 0.6) is 0 Å². The van der Waals surface area contributed by atoms with Gasteiger partial charge in [0.2, 0.25) is 0 Å². The molecule has 0 radical (unpaired) electrons. The molecule has 1 saturated carbocycles. The molecule has 122 valence electrons. The second-order valence-electron chi connectivity index (χ2n) is 6.36. The summed E-state index contributed by atoms with van der Waals surface area (Å²) in [7, 11) is 1.86. The van der Waals surface area contributed by atoms with Crippen molar-refractivity contribution in [3.8, 4) is 0 Å². The van der Waals surface area contributed by atoms with E-state index in [1.807, 2.05) is 7.05 Å². The van der Waals surface area contributed by atoms with Gasteiger partial charge in [-0.15, -0.1) is 0 Å². The first kappa shape index (κ1) is 16.6. The van der Waals surface area contributed by atoms with Crippen LogP contribution in [0, 0.1) is 11.8 Å². The largest absolute Gasteiger partial charge is 0.379 e. The summed E-state index contributed by atoms with van der Waals surface area (Å²) in [6.45, 7) is 9.28. The van der Waals surface area contributed by atoms with E-state index in [1.54, 1.807) is 0 Å². The maximum atomic E-state index is 5.37. The smallest absolute Gasteiger partial charge is 0.191 e. The third kappa shape index (κ3) is 5.83. The molecule has 2 fully saturated rings. The van der Waals surface area contributed by atoms with Crippen LogP contribution in [0.25, 0.3) is 0 Å². The van der Waals surface area contributed by atoms with Gasteiger partial charge in [-0.1, -0.05) is 26.2 Å². The first-order chi connectivity index (χ1) is 10.3. The fourth-order valence-corrected chi connectivity index (χ4v) is 3.30. The molecule has 0 bridgehead atoms. The molecule has 5 nitrogen and oxygen atoms in total. The molecular formula is C16H32N4O. The van der Waals surface area contributed by atoms with Crippen molar-refractivity contribution in [1.82, 2.24) is 15.5 Å². The predicted molar refractivity (Wildman–Crippen MR) is 87.7 cm³/mol. The molecule has 1 saturated heterocycles. The van der Waals surface area contributed by atoms with Gasteiger partial charge in [-0.25, -0.2) is 0 Å². The molecular weight excluding hydrogens is 264 g/mol. The Hall–Kier alpha value is -0.810. The van der Waals surface area contributed by atoms with Crippen molar-refractivity contribution in [2.45, 2.75) is 32.6 Å². The average Bonchev–Trinajstić information content (AvgIpc) is 2.53. The number of nitrogens with one attached hydrogen (secondary N) is 2. The van der Waals surface area contributed by atoms with E-state index >= 15 is 0 Å². The Morgan fingerprint density at radius 2 is 1.95 bits per heavy atom. The summed E-state index contributed by atoms with van der Waals surface area (Å²) in [6.07, 6.45) is 5.54. The van der Waals surface area contributed by atoms with Crippen LogP contribution in [0.2, 0.25) is 0 Å². The van der Waals surface area contributed by atoms with E-state index in [2.05, 4.69) is 27.4 Å². The van der Waals surface area contributed by atoms with Gasteiger partial charge in [-0.2, -0.15) is 0 Å². The highest BCUT2D eigenvalue weighted by Gasteiger charge is 2.21. The molecule has 5 heteroatoms. The normalized spacial score (nSPS) is 28.4. The maximum absolute atomic E-state index is 5.37. The van der Waals surface area contributed by atoms with Crippen LogP contribution < -0.4 is 10.6 Å². The van der Waals surface area contributed by atoms with Crippen molar-refractivity contribution in [3.05, 3.63) is 0 Å². The van der Waals surface area contributed by atoms with Crippen LogP contribution in [-0.2, 0) is 4.74 Å². The number of guanidine groups is 1. The molecule has 0 aromatic rings. The molecule has 2 rings (SSSR count). The zero-order valence-corrected chi connectivity index (χ0v) is 13.7. The predicted octanol–water partition coefficient (Wildman–Crippen LogP) is 1.31. The summed E-state index contributed by atoms with van der Waals surface area (Å²) in [4.78, 5) is 6.77.